The van der Waals surface area contributed by atoms with Gasteiger partial charge in [0.25, 0.3) is 5.91 Å². The lowest BCUT2D eigenvalue weighted by Gasteiger charge is -2.32. The van der Waals surface area contributed by atoms with Crippen LogP contribution >= 0.6 is 24.8 Å². The van der Waals surface area contributed by atoms with Crippen molar-refractivity contribution in [3.63, 3.8) is 0 Å². The van der Waals surface area contributed by atoms with E-state index in [2.05, 4.69) is 10.4 Å². The minimum Gasteiger partial charge on any atom is -0.427 e. The zero-order chi connectivity index (χ0) is 19.5. The number of likely N-dealkylation sites (tertiary alicyclic amines) is 1. The second-order valence-electron chi connectivity index (χ2n) is 8.00. The molecule has 2 saturated heterocycles. The van der Waals surface area contributed by atoms with Gasteiger partial charge in [0.05, 0.1) is 0 Å². The highest BCUT2D eigenvalue weighted by molar-refractivity contribution is 5.95. The van der Waals surface area contributed by atoms with Gasteiger partial charge in [-0.05, 0) is 62.8 Å². The zero-order valence-electron chi connectivity index (χ0n) is 17.2. The normalized spacial score (nSPS) is 19.6. The predicted octanol–water partition coefficient (Wildman–Crippen LogP) is 3.01. The van der Waals surface area contributed by atoms with Crippen LogP contribution in [0.1, 0.15) is 53.3 Å². The van der Waals surface area contributed by atoms with Crippen molar-refractivity contribution in [2.45, 2.75) is 45.1 Å². The lowest BCUT2D eigenvalue weighted by molar-refractivity contribution is 0.0675. The second-order valence-corrected chi connectivity index (χ2v) is 8.00. The van der Waals surface area contributed by atoms with Crippen molar-refractivity contribution < 1.29 is 9.21 Å². The van der Waals surface area contributed by atoms with Crippen LogP contribution in [0.2, 0.25) is 0 Å². The highest BCUT2D eigenvalue weighted by Crippen LogP contribution is 2.25. The molecule has 0 aliphatic carbocycles. The van der Waals surface area contributed by atoms with E-state index >= 15 is 0 Å². The summed E-state index contributed by atoms with van der Waals surface area (Å²) < 4.78 is 7.52. The summed E-state index contributed by atoms with van der Waals surface area (Å²) in [7, 11) is 0. The first-order valence-electron chi connectivity index (χ1n) is 10.2. The van der Waals surface area contributed by atoms with Crippen LogP contribution in [0.15, 0.2) is 33.7 Å². The number of piperidine rings is 2. The Kier molecular flexibility index (Phi) is 8.94. The number of hydrogen-bond donors (Lipinski definition) is 1. The summed E-state index contributed by atoms with van der Waals surface area (Å²) in [5, 5.41) is 7.60. The topological polar surface area (TPSA) is 80.4 Å². The summed E-state index contributed by atoms with van der Waals surface area (Å²) in [5.74, 6) is 1.21. The Bertz CT molecular complexity index is 871. The molecule has 0 bridgehead atoms. The van der Waals surface area contributed by atoms with E-state index in [0.717, 1.165) is 50.9 Å². The van der Waals surface area contributed by atoms with Gasteiger partial charge in [0.2, 0.25) is 0 Å². The number of carbonyl (C=O) groups is 1. The van der Waals surface area contributed by atoms with Gasteiger partial charge < -0.3 is 14.6 Å². The molecule has 1 atom stereocenters. The Labute approximate surface area is 189 Å². The van der Waals surface area contributed by atoms with Crippen molar-refractivity contribution in [1.29, 1.82) is 0 Å². The Morgan fingerprint density at radius 1 is 1.27 bits per heavy atom. The smallest absolute Gasteiger partial charge is 0.349 e. The van der Waals surface area contributed by atoms with Crippen LogP contribution in [-0.2, 0) is 6.54 Å². The minimum absolute atomic E-state index is 0. The highest BCUT2D eigenvalue weighted by Gasteiger charge is 2.28. The maximum Gasteiger partial charge on any atom is 0.349 e. The number of aromatic nitrogens is 2. The molecule has 166 valence electrons. The molecule has 1 N–H and O–H groups in total. The average Bonchev–Trinajstić information content (AvgIpc) is 3.21. The highest BCUT2D eigenvalue weighted by atomic mass is 35.5. The summed E-state index contributed by atoms with van der Waals surface area (Å²) >= 11 is 0. The van der Waals surface area contributed by atoms with Crippen molar-refractivity contribution in [3.05, 3.63) is 51.8 Å². The van der Waals surface area contributed by atoms with E-state index in [1.165, 1.54) is 0 Å². The van der Waals surface area contributed by atoms with Gasteiger partial charge in [-0.2, -0.15) is 5.10 Å². The lowest BCUT2D eigenvalue weighted by Crippen LogP contribution is -2.41. The van der Waals surface area contributed by atoms with Crippen LogP contribution in [0.4, 0.5) is 0 Å². The standard InChI is InChI=1S/C21H28N4O3.2ClH/c1-15-12-18(17-4-2-7-22-13-17)28-21(27)19(15)20(26)24-10-5-16(6-11-24)14-25-9-3-8-23-25;;/h3,8-9,12,16-17,22H,2,4-7,10-11,13-14H2,1H3;2*1H. The molecule has 9 heteroatoms. The SMILES string of the molecule is Cc1cc(C2CCCNC2)oc(=O)c1C(=O)N1CCC(Cn2cccn2)CC1.Cl.Cl. The number of hydrogen-bond acceptors (Lipinski definition) is 5. The van der Waals surface area contributed by atoms with E-state index in [9.17, 15) is 9.59 Å². The van der Waals surface area contributed by atoms with Crippen molar-refractivity contribution in [2.75, 3.05) is 26.2 Å². The first kappa shape index (κ1) is 24.4. The van der Waals surface area contributed by atoms with Crippen molar-refractivity contribution >= 4 is 30.7 Å². The van der Waals surface area contributed by atoms with Crippen LogP contribution in [0.25, 0.3) is 0 Å². The fourth-order valence-electron chi connectivity index (χ4n) is 4.34. The average molecular weight is 457 g/mol. The third-order valence-electron chi connectivity index (χ3n) is 5.99. The van der Waals surface area contributed by atoms with Gasteiger partial charge in [0.15, 0.2) is 0 Å². The van der Waals surface area contributed by atoms with Gasteiger partial charge in [-0.3, -0.25) is 9.48 Å². The van der Waals surface area contributed by atoms with Crippen molar-refractivity contribution in [2.24, 2.45) is 5.92 Å². The van der Waals surface area contributed by atoms with E-state index in [0.29, 0.717) is 24.8 Å². The number of nitrogens with zero attached hydrogens (tertiary/aromatic N) is 3. The van der Waals surface area contributed by atoms with Crippen LogP contribution in [0, 0.1) is 12.8 Å². The summed E-state index contributed by atoms with van der Waals surface area (Å²) in [6.07, 6.45) is 7.67. The largest absolute Gasteiger partial charge is 0.427 e. The van der Waals surface area contributed by atoms with Gasteiger partial charge >= 0.3 is 5.63 Å². The molecule has 2 aromatic heterocycles. The molecule has 4 rings (SSSR count). The Balaban J connectivity index is 0.00000160. The number of carbonyl (C=O) groups excluding carboxylic acids is 1. The number of rotatable bonds is 4. The molecule has 7 nitrogen and oxygen atoms in total. The van der Waals surface area contributed by atoms with Crippen molar-refractivity contribution in [1.82, 2.24) is 20.0 Å². The van der Waals surface area contributed by atoms with E-state index in [1.54, 1.807) is 11.1 Å². The molecule has 0 saturated carbocycles. The summed E-state index contributed by atoms with van der Waals surface area (Å²) in [5.41, 5.74) is 0.419. The molecule has 0 radical (unpaired) electrons. The Hall–Kier alpha value is -1.83. The summed E-state index contributed by atoms with van der Waals surface area (Å²) in [6, 6.07) is 3.81. The minimum atomic E-state index is -0.496. The second kappa shape index (κ2) is 11.0. The molecule has 2 fully saturated rings. The maximum atomic E-state index is 13.0. The molecule has 30 heavy (non-hydrogen) atoms. The molecule has 4 heterocycles. The monoisotopic (exact) mass is 456 g/mol. The van der Waals surface area contributed by atoms with E-state index in [4.69, 9.17) is 4.42 Å². The molecule has 0 spiro atoms. The Morgan fingerprint density at radius 2 is 2.03 bits per heavy atom. The maximum absolute atomic E-state index is 13.0. The van der Waals surface area contributed by atoms with Gasteiger partial charge in [-0.25, -0.2) is 4.79 Å². The fraction of sp³-hybridized carbons (Fsp3) is 0.571. The zero-order valence-corrected chi connectivity index (χ0v) is 18.8. The Morgan fingerprint density at radius 3 is 2.63 bits per heavy atom. The summed E-state index contributed by atoms with van der Waals surface area (Å²) in [6.45, 7) is 5.87. The van der Waals surface area contributed by atoms with Crippen LogP contribution in [0.3, 0.4) is 0 Å². The van der Waals surface area contributed by atoms with Gasteiger partial charge in [-0.15, -0.1) is 24.8 Å². The third kappa shape index (κ3) is 5.45. The van der Waals surface area contributed by atoms with E-state index in [-0.39, 0.29) is 42.2 Å². The number of amides is 1. The molecular formula is C21H30Cl2N4O3. The van der Waals surface area contributed by atoms with Gasteiger partial charge in [-0.1, -0.05) is 0 Å². The molecule has 2 aliphatic heterocycles. The molecule has 2 aromatic rings. The third-order valence-corrected chi connectivity index (χ3v) is 5.99. The molecule has 1 unspecified atom stereocenters. The van der Waals surface area contributed by atoms with Gasteiger partial charge in [0.1, 0.15) is 11.3 Å². The van der Waals surface area contributed by atoms with Crippen LogP contribution in [0.5, 0.6) is 0 Å². The van der Waals surface area contributed by atoms with E-state index in [1.807, 2.05) is 29.9 Å². The first-order chi connectivity index (χ1) is 13.6. The lowest BCUT2D eigenvalue weighted by atomic mass is 9.94. The summed E-state index contributed by atoms with van der Waals surface area (Å²) in [4.78, 5) is 27.4. The molecule has 0 aromatic carbocycles. The number of halogens is 2. The molecule has 2 aliphatic rings. The first-order valence-corrected chi connectivity index (χ1v) is 10.2. The van der Waals surface area contributed by atoms with Gasteiger partial charge in [0, 0.05) is 44.5 Å². The van der Waals surface area contributed by atoms with Crippen LogP contribution in [-0.4, -0.2) is 46.8 Å². The fourth-order valence-corrected chi connectivity index (χ4v) is 4.34. The van der Waals surface area contributed by atoms with Crippen molar-refractivity contribution in [3.8, 4) is 0 Å². The van der Waals surface area contributed by atoms with E-state index < -0.39 is 5.63 Å². The molecular weight excluding hydrogens is 427 g/mol. The quantitative estimate of drug-likeness (QED) is 0.764. The molecule has 1 amide bonds. The predicted molar refractivity (Wildman–Crippen MR) is 120 cm³/mol. The number of aryl methyl sites for hydroxylation is 1. The van der Waals surface area contributed by atoms with Crippen LogP contribution < -0.4 is 10.9 Å². The number of nitrogens with one attached hydrogen (secondary N) is 1.